The molecule has 0 unspecified atom stereocenters. The van der Waals surface area contributed by atoms with Gasteiger partial charge in [-0.3, -0.25) is 4.90 Å². The van der Waals surface area contributed by atoms with Gasteiger partial charge in [0.25, 0.3) is 0 Å². The van der Waals surface area contributed by atoms with Crippen molar-refractivity contribution in [2.24, 2.45) is 0 Å². The Morgan fingerprint density at radius 3 is 2.40 bits per heavy atom. The second kappa shape index (κ2) is 5.87. The maximum absolute atomic E-state index is 3.51. The zero-order valence-corrected chi connectivity index (χ0v) is 13.0. The maximum Gasteiger partial charge on any atom is 0.0464 e. The lowest BCUT2D eigenvalue weighted by atomic mass is 9.73. The van der Waals surface area contributed by atoms with Crippen LogP contribution >= 0.6 is 0 Å². The number of nitrogens with one attached hydrogen (secondary N) is 1. The molecule has 0 aromatic heterocycles. The molecule has 20 heavy (non-hydrogen) atoms. The van der Waals surface area contributed by atoms with Gasteiger partial charge in [0.2, 0.25) is 0 Å². The molecule has 0 bridgehead atoms. The summed E-state index contributed by atoms with van der Waals surface area (Å²) in [5, 5.41) is 3.51. The van der Waals surface area contributed by atoms with Crippen LogP contribution in [0, 0.1) is 13.8 Å². The first-order valence-electron chi connectivity index (χ1n) is 8.26. The predicted octanol–water partition coefficient (Wildman–Crippen LogP) is 3.37. The Bertz CT molecular complexity index is 454. The standard InChI is InChI=1S/C18H28N2/c1-15-7-6-8-17(16(15)2)18(9-4-3-5-10-18)20-13-11-19-12-14-20/h6-8,19H,3-5,9-14H2,1-2H3. The van der Waals surface area contributed by atoms with Crippen molar-refractivity contribution in [1.82, 2.24) is 10.2 Å². The summed E-state index contributed by atoms with van der Waals surface area (Å²) in [6.45, 7) is 9.27. The molecule has 0 radical (unpaired) electrons. The smallest absolute Gasteiger partial charge is 0.0464 e. The van der Waals surface area contributed by atoms with E-state index in [4.69, 9.17) is 0 Å². The maximum atomic E-state index is 3.51. The van der Waals surface area contributed by atoms with E-state index < -0.39 is 0 Å². The van der Waals surface area contributed by atoms with Gasteiger partial charge < -0.3 is 5.32 Å². The zero-order valence-electron chi connectivity index (χ0n) is 13.0. The molecule has 1 aliphatic heterocycles. The van der Waals surface area contributed by atoms with Crippen molar-refractivity contribution in [3.05, 3.63) is 34.9 Å². The van der Waals surface area contributed by atoms with Crippen LogP contribution in [0.1, 0.15) is 48.8 Å². The van der Waals surface area contributed by atoms with Gasteiger partial charge in [0.15, 0.2) is 0 Å². The first kappa shape index (κ1) is 14.1. The van der Waals surface area contributed by atoms with Crippen LogP contribution in [0.3, 0.4) is 0 Å². The van der Waals surface area contributed by atoms with Crippen molar-refractivity contribution >= 4 is 0 Å². The van der Waals surface area contributed by atoms with Gasteiger partial charge in [0, 0.05) is 31.7 Å². The van der Waals surface area contributed by atoms with Crippen LogP contribution in [-0.2, 0) is 5.54 Å². The molecule has 1 N–H and O–H groups in total. The third-order valence-corrected chi connectivity index (χ3v) is 5.51. The van der Waals surface area contributed by atoms with Gasteiger partial charge in [0.05, 0.1) is 0 Å². The number of aryl methyl sites for hydroxylation is 1. The molecule has 1 aromatic carbocycles. The van der Waals surface area contributed by atoms with Gasteiger partial charge in [-0.05, 0) is 43.4 Å². The molecule has 1 aromatic rings. The average Bonchev–Trinajstić information content (AvgIpc) is 2.51. The second-order valence-electron chi connectivity index (χ2n) is 6.58. The van der Waals surface area contributed by atoms with Crippen molar-refractivity contribution in [3.8, 4) is 0 Å². The van der Waals surface area contributed by atoms with Crippen molar-refractivity contribution in [3.63, 3.8) is 0 Å². The van der Waals surface area contributed by atoms with Gasteiger partial charge in [-0.25, -0.2) is 0 Å². The number of rotatable bonds is 2. The first-order chi connectivity index (χ1) is 9.74. The van der Waals surface area contributed by atoms with Crippen LogP contribution in [0.2, 0.25) is 0 Å². The molecule has 2 nitrogen and oxygen atoms in total. The molecule has 0 amide bonds. The topological polar surface area (TPSA) is 15.3 Å². The fraction of sp³-hybridized carbons (Fsp3) is 0.667. The predicted molar refractivity (Wildman–Crippen MR) is 85.1 cm³/mol. The Balaban J connectivity index is 2.02. The highest BCUT2D eigenvalue weighted by atomic mass is 15.2. The molecule has 3 rings (SSSR count). The molecular formula is C18H28N2. The third kappa shape index (κ3) is 2.40. The number of hydrogen-bond donors (Lipinski definition) is 1. The largest absolute Gasteiger partial charge is 0.314 e. The molecule has 0 atom stereocenters. The highest BCUT2D eigenvalue weighted by Crippen LogP contribution is 2.44. The van der Waals surface area contributed by atoms with E-state index in [-0.39, 0.29) is 0 Å². The van der Waals surface area contributed by atoms with E-state index in [0.717, 1.165) is 13.1 Å². The minimum Gasteiger partial charge on any atom is -0.314 e. The van der Waals surface area contributed by atoms with Crippen molar-refractivity contribution in [2.45, 2.75) is 51.5 Å². The summed E-state index contributed by atoms with van der Waals surface area (Å²) in [6.07, 6.45) is 6.88. The Hall–Kier alpha value is -0.860. The highest BCUT2D eigenvalue weighted by molar-refractivity contribution is 5.39. The van der Waals surface area contributed by atoms with Crippen LogP contribution in [-0.4, -0.2) is 31.1 Å². The fourth-order valence-corrected chi connectivity index (χ4v) is 4.24. The normalized spacial score (nSPS) is 23.7. The summed E-state index contributed by atoms with van der Waals surface area (Å²) in [6, 6.07) is 6.92. The first-order valence-corrected chi connectivity index (χ1v) is 8.26. The summed E-state index contributed by atoms with van der Waals surface area (Å²) in [4.78, 5) is 2.78. The number of hydrogen-bond acceptors (Lipinski definition) is 2. The molecule has 2 fully saturated rings. The van der Waals surface area contributed by atoms with E-state index in [2.05, 4.69) is 42.3 Å². The highest BCUT2D eigenvalue weighted by Gasteiger charge is 2.40. The Morgan fingerprint density at radius 2 is 1.70 bits per heavy atom. The Morgan fingerprint density at radius 1 is 1.00 bits per heavy atom. The lowest BCUT2D eigenvalue weighted by Gasteiger charge is -2.49. The summed E-state index contributed by atoms with van der Waals surface area (Å²) >= 11 is 0. The lowest BCUT2D eigenvalue weighted by Crippen LogP contribution is -2.55. The summed E-state index contributed by atoms with van der Waals surface area (Å²) in [7, 11) is 0. The van der Waals surface area contributed by atoms with Gasteiger partial charge in [-0.2, -0.15) is 0 Å². The van der Waals surface area contributed by atoms with E-state index in [9.17, 15) is 0 Å². The molecule has 110 valence electrons. The average molecular weight is 272 g/mol. The van der Waals surface area contributed by atoms with Gasteiger partial charge in [-0.1, -0.05) is 37.5 Å². The third-order valence-electron chi connectivity index (χ3n) is 5.51. The number of nitrogens with zero attached hydrogens (tertiary/aromatic N) is 1. The van der Waals surface area contributed by atoms with Crippen LogP contribution in [0.15, 0.2) is 18.2 Å². The van der Waals surface area contributed by atoms with Gasteiger partial charge >= 0.3 is 0 Å². The minimum absolute atomic E-state index is 0.316. The molecule has 1 saturated heterocycles. The van der Waals surface area contributed by atoms with Gasteiger partial charge in [-0.15, -0.1) is 0 Å². The van der Waals surface area contributed by atoms with Gasteiger partial charge in [0.1, 0.15) is 0 Å². The second-order valence-corrected chi connectivity index (χ2v) is 6.58. The number of benzene rings is 1. The zero-order chi connectivity index (χ0) is 14.0. The van der Waals surface area contributed by atoms with Crippen molar-refractivity contribution in [2.75, 3.05) is 26.2 Å². The van der Waals surface area contributed by atoms with Crippen molar-refractivity contribution in [1.29, 1.82) is 0 Å². The summed E-state index contributed by atoms with van der Waals surface area (Å²) < 4.78 is 0. The molecule has 1 heterocycles. The molecule has 2 heteroatoms. The Labute approximate surface area is 123 Å². The van der Waals surface area contributed by atoms with E-state index in [1.54, 1.807) is 5.56 Å². The van der Waals surface area contributed by atoms with Crippen LogP contribution in [0.25, 0.3) is 0 Å². The molecule has 2 aliphatic rings. The molecule has 1 saturated carbocycles. The minimum atomic E-state index is 0.316. The van der Waals surface area contributed by atoms with Crippen molar-refractivity contribution < 1.29 is 0 Å². The molecular weight excluding hydrogens is 244 g/mol. The Kier molecular flexibility index (Phi) is 4.13. The SMILES string of the molecule is Cc1cccc(C2(N3CCNCC3)CCCCC2)c1C. The number of piperazine rings is 1. The lowest BCUT2D eigenvalue weighted by molar-refractivity contribution is 0.0356. The summed E-state index contributed by atoms with van der Waals surface area (Å²) in [5.74, 6) is 0. The summed E-state index contributed by atoms with van der Waals surface area (Å²) in [5.41, 5.74) is 4.89. The molecule has 0 spiro atoms. The van der Waals surface area contributed by atoms with E-state index in [0.29, 0.717) is 5.54 Å². The van der Waals surface area contributed by atoms with E-state index in [1.807, 2.05) is 0 Å². The monoisotopic (exact) mass is 272 g/mol. The van der Waals surface area contributed by atoms with Crippen LogP contribution < -0.4 is 5.32 Å². The van der Waals surface area contributed by atoms with E-state index in [1.165, 1.54) is 56.3 Å². The van der Waals surface area contributed by atoms with Crippen LogP contribution in [0.5, 0.6) is 0 Å². The fourth-order valence-electron chi connectivity index (χ4n) is 4.24. The quantitative estimate of drug-likeness (QED) is 0.888. The molecule has 1 aliphatic carbocycles. The van der Waals surface area contributed by atoms with Crippen LogP contribution in [0.4, 0.5) is 0 Å². The van der Waals surface area contributed by atoms with E-state index >= 15 is 0 Å².